The van der Waals surface area contributed by atoms with Crippen molar-refractivity contribution in [1.82, 2.24) is 4.57 Å². The fourth-order valence-electron chi connectivity index (χ4n) is 1.62. The van der Waals surface area contributed by atoms with E-state index in [9.17, 15) is 5.11 Å². The molecule has 1 heterocycles. The van der Waals surface area contributed by atoms with E-state index in [0.29, 0.717) is 5.02 Å². The Hall–Kier alpha value is -0.510. The first kappa shape index (κ1) is 10.0. The molecule has 14 heavy (non-hydrogen) atoms. The molecule has 2 aromatic rings. The molecule has 2 rings (SSSR count). The van der Waals surface area contributed by atoms with Crippen LogP contribution in [0, 0.1) is 0 Å². The van der Waals surface area contributed by atoms with Crippen LogP contribution in [0.3, 0.4) is 0 Å². The maximum atomic E-state index is 9.20. The van der Waals surface area contributed by atoms with Gasteiger partial charge in [-0.05, 0) is 28.1 Å². The molecule has 74 valence electrons. The van der Waals surface area contributed by atoms with Crippen molar-refractivity contribution in [3.63, 3.8) is 0 Å². The highest BCUT2D eigenvalue weighted by molar-refractivity contribution is 9.10. The third-order valence-corrected chi connectivity index (χ3v) is 3.55. The van der Waals surface area contributed by atoms with Gasteiger partial charge in [0, 0.05) is 12.4 Å². The zero-order valence-electron chi connectivity index (χ0n) is 7.59. The molecule has 0 saturated heterocycles. The van der Waals surface area contributed by atoms with E-state index in [1.807, 2.05) is 29.8 Å². The van der Waals surface area contributed by atoms with Gasteiger partial charge >= 0.3 is 0 Å². The Bertz CT molecular complexity index is 492. The number of hydrogen-bond acceptors (Lipinski definition) is 1. The Morgan fingerprint density at radius 1 is 1.50 bits per heavy atom. The SMILES string of the molecule is Cn1c(CO)c(Br)c2c(Cl)cccc21. The lowest BCUT2D eigenvalue weighted by Gasteiger charge is -1.99. The van der Waals surface area contributed by atoms with Gasteiger partial charge in [-0.1, -0.05) is 17.7 Å². The minimum absolute atomic E-state index is 0.00208. The molecule has 1 aromatic carbocycles. The summed E-state index contributed by atoms with van der Waals surface area (Å²) in [5.74, 6) is 0. The van der Waals surface area contributed by atoms with Crippen LogP contribution in [0.25, 0.3) is 10.9 Å². The molecular weight excluding hydrogens is 265 g/mol. The van der Waals surface area contributed by atoms with E-state index in [2.05, 4.69) is 15.9 Å². The molecule has 0 unspecified atom stereocenters. The summed E-state index contributed by atoms with van der Waals surface area (Å²) in [5, 5.41) is 10.9. The molecule has 0 spiro atoms. The van der Waals surface area contributed by atoms with E-state index in [-0.39, 0.29) is 6.61 Å². The van der Waals surface area contributed by atoms with Crippen LogP contribution in [0.1, 0.15) is 5.69 Å². The summed E-state index contributed by atoms with van der Waals surface area (Å²) in [5.41, 5.74) is 1.86. The van der Waals surface area contributed by atoms with Crippen LogP contribution in [0.4, 0.5) is 0 Å². The number of benzene rings is 1. The second-order valence-electron chi connectivity index (χ2n) is 3.11. The summed E-state index contributed by atoms with van der Waals surface area (Å²) in [7, 11) is 1.91. The Kier molecular flexibility index (Phi) is 2.56. The van der Waals surface area contributed by atoms with Gasteiger partial charge in [0.2, 0.25) is 0 Å². The van der Waals surface area contributed by atoms with Crippen molar-refractivity contribution >= 4 is 38.4 Å². The van der Waals surface area contributed by atoms with Gasteiger partial charge in [-0.25, -0.2) is 0 Å². The molecule has 0 radical (unpaired) electrons. The van der Waals surface area contributed by atoms with E-state index < -0.39 is 0 Å². The molecule has 0 aliphatic heterocycles. The topological polar surface area (TPSA) is 25.2 Å². The highest BCUT2D eigenvalue weighted by Gasteiger charge is 2.13. The number of aryl methyl sites for hydroxylation is 1. The van der Waals surface area contributed by atoms with Gasteiger partial charge in [0.25, 0.3) is 0 Å². The number of rotatable bonds is 1. The van der Waals surface area contributed by atoms with Crippen LogP contribution in [0.5, 0.6) is 0 Å². The highest BCUT2D eigenvalue weighted by Crippen LogP contribution is 2.35. The van der Waals surface area contributed by atoms with E-state index in [1.165, 1.54) is 0 Å². The summed E-state index contributed by atoms with van der Waals surface area (Å²) in [6, 6.07) is 5.72. The maximum Gasteiger partial charge on any atom is 0.0844 e. The Morgan fingerprint density at radius 2 is 2.21 bits per heavy atom. The van der Waals surface area contributed by atoms with Crippen LogP contribution in [-0.2, 0) is 13.7 Å². The van der Waals surface area contributed by atoms with Crippen LogP contribution in [0.2, 0.25) is 5.02 Å². The normalized spacial score (nSPS) is 11.1. The minimum atomic E-state index is 0.00208. The Labute approximate surface area is 95.2 Å². The molecule has 0 amide bonds. The number of fused-ring (bicyclic) bond motifs is 1. The zero-order chi connectivity index (χ0) is 10.3. The third-order valence-electron chi connectivity index (χ3n) is 2.38. The predicted molar refractivity (Wildman–Crippen MR) is 61.6 cm³/mol. The molecule has 0 atom stereocenters. The van der Waals surface area contributed by atoms with E-state index >= 15 is 0 Å². The highest BCUT2D eigenvalue weighted by atomic mass is 79.9. The van der Waals surface area contributed by atoms with Crippen molar-refractivity contribution in [2.75, 3.05) is 0 Å². The molecule has 1 aromatic heterocycles. The Morgan fingerprint density at radius 3 is 2.79 bits per heavy atom. The molecule has 0 fully saturated rings. The van der Waals surface area contributed by atoms with Crippen molar-refractivity contribution < 1.29 is 5.11 Å². The van der Waals surface area contributed by atoms with E-state index in [1.54, 1.807) is 0 Å². The lowest BCUT2D eigenvalue weighted by molar-refractivity contribution is 0.272. The summed E-state index contributed by atoms with van der Waals surface area (Å²) in [6.45, 7) is 0.00208. The largest absolute Gasteiger partial charge is 0.390 e. The van der Waals surface area contributed by atoms with Crippen molar-refractivity contribution in [3.05, 3.63) is 33.4 Å². The van der Waals surface area contributed by atoms with Gasteiger partial charge in [0.15, 0.2) is 0 Å². The van der Waals surface area contributed by atoms with Crippen LogP contribution >= 0.6 is 27.5 Å². The van der Waals surface area contributed by atoms with E-state index in [4.69, 9.17) is 11.6 Å². The van der Waals surface area contributed by atoms with Crippen LogP contribution < -0.4 is 0 Å². The van der Waals surface area contributed by atoms with Gasteiger partial charge in [0.05, 0.1) is 27.3 Å². The Balaban J connectivity index is 2.94. The first-order chi connectivity index (χ1) is 6.66. The first-order valence-electron chi connectivity index (χ1n) is 4.19. The van der Waals surface area contributed by atoms with Gasteiger partial charge in [-0.2, -0.15) is 0 Å². The fraction of sp³-hybridized carbons (Fsp3) is 0.200. The fourth-order valence-corrected chi connectivity index (χ4v) is 2.81. The molecule has 0 aliphatic rings. The molecule has 4 heteroatoms. The molecule has 0 bridgehead atoms. The number of aromatic nitrogens is 1. The molecule has 0 aliphatic carbocycles. The lowest BCUT2D eigenvalue weighted by Crippen LogP contribution is -1.95. The number of aliphatic hydroxyl groups is 1. The number of halogens is 2. The van der Waals surface area contributed by atoms with Gasteiger partial charge < -0.3 is 9.67 Å². The molecule has 0 saturated carbocycles. The monoisotopic (exact) mass is 273 g/mol. The van der Waals surface area contributed by atoms with Crippen LogP contribution in [-0.4, -0.2) is 9.67 Å². The summed E-state index contributed by atoms with van der Waals surface area (Å²) >= 11 is 9.53. The average molecular weight is 275 g/mol. The summed E-state index contributed by atoms with van der Waals surface area (Å²) in [4.78, 5) is 0. The van der Waals surface area contributed by atoms with Gasteiger partial charge in [-0.15, -0.1) is 0 Å². The van der Waals surface area contributed by atoms with Crippen molar-refractivity contribution in [2.24, 2.45) is 7.05 Å². The molecule has 1 N–H and O–H groups in total. The van der Waals surface area contributed by atoms with Crippen molar-refractivity contribution in [1.29, 1.82) is 0 Å². The summed E-state index contributed by atoms with van der Waals surface area (Å²) < 4.78 is 2.81. The minimum Gasteiger partial charge on any atom is -0.390 e. The van der Waals surface area contributed by atoms with E-state index in [0.717, 1.165) is 21.1 Å². The number of nitrogens with zero attached hydrogens (tertiary/aromatic N) is 1. The zero-order valence-corrected chi connectivity index (χ0v) is 9.93. The predicted octanol–water partition coefficient (Wildman–Crippen LogP) is 3.09. The van der Waals surface area contributed by atoms with Gasteiger partial charge in [0.1, 0.15) is 0 Å². The average Bonchev–Trinajstić information content (AvgIpc) is 2.41. The maximum absolute atomic E-state index is 9.20. The molecular formula is C10H9BrClNO. The van der Waals surface area contributed by atoms with Crippen molar-refractivity contribution in [2.45, 2.75) is 6.61 Å². The second-order valence-corrected chi connectivity index (χ2v) is 4.31. The molecule has 2 nitrogen and oxygen atoms in total. The van der Waals surface area contributed by atoms with Crippen LogP contribution in [0.15, 0.2) is 22.7 Å². The number of hydrogen-bond donors (Lipinski definition) is 1. The second kappa shape index (κ2) is 3.57. The smallest absolute Gasteiger partial charge is 0.0844 e. The van der Waals surface area contributed by atoms with Crippen molar-refractivity contribution in [3.8, 4) is 0 Å². The third kappa shape index (κ3) is 1.28. The quantitative estimate of drug-likeness (QED) is 0.849. The summed E-state index contributed by atoms with van der Waals surface area (Å²) in [6.07, 6.45) is 0. The number of aliphatic hydroxyl groups excluding tert-OH is 1. The lowest BCUT2D eigenvalue weighted by atomic mass is 10.2. The van der Waals surface area contributed by atoms with Gasteiger partial charge in [-0.3, -0.25) is 0 Å². The first-order valence-corrected chi connectivity index (χ1v) is 5.36. The standard InChI is InChI=1S/C10H9BrClNO/c1-13-7-4-2-3-6(12)9(7)10(11)8(13)5-14/h2-4,14H,5H2,1H3.